The Labute approximate surface area is 79.6 Å². The molecule has 0 aliphatic carbocycles. The molecule has 0 aliphatic heterocycles. The SMILES string of the molecule is CCC(O)CCNCC(C)=CCl. The molecule has 0 saturated carbocycles. The Bertz CT molecular complexity index is 136. The molecule has 1 atom stereocenters. The summed E-state index contributed by atoms with van der Waals surface area (Å²) in [6, 6.07) is 0. The molecule has 2 N–H and O–H groups in total. The fourth-order valence-electron chi connectivity index (χ4n) is 0.797. The molecule has 3 heteroatoms. The highest BCUT2D eigenvalue weighted by molar-refractivity contribution is 6.25. The Balaban J connectivity index is 3.21. The average molecular weight is 192 g/mol. The summed E-state index contributed by atoms with van der Waals surface area (Å²) in [5.74, 6) is 0. The van der Waals surface area contributed by atoms with Gasteiger partial charge in [-0.2, -0.15) is 0 Å². The predicted octanol–water partition coefficient (Wildman–Crippen LogP) is 1.88. The molecular formula is C9H18ClNO. The van der Waals surface area contributed by atoms with Crippen molar-refractivity contribution in [2.45, 2.75) is 32.8 Å². The lowest BCUT2D eigenvalue weighted by Crippen LogP contribution is -2.21. The zero-order valence-corrected chi connectivity index (χ0v) is 8.56. The Morgan fingerprint density at radius 3 is 2.83 bits per heavy atom. The molecule has 0 spiro atoms. The van der Waals surface area contributed by atoms with Crippen LogP contribution in [0.2, 0.25) is 0 Å². The van der Waals surface area contributed by atoms with Gasteiger partial charge in [-0.05, 0) is 31.9 Å². The molecule has 0 heterocycles. The van der Waals surface area contributed by atoms with Gasteiger partial charge in [-0.15, -0.1) is 0 Å². The highest BCUT2D eigenvalue weighted by Crippen LogP contribution is 1.96. The Kier molecular flexibility index (Phi) is 7.56. The standard InChI is InChI=1S/C9H18ClNO/c1-3-9(12)4-5-11-7-8(2)6-10/h6,9,11-12H,3-5,7H2,1-2H3. The van der Waals surface area contributed by atoms with Gasteiger partial charge in [0.05, 0.1) is 6.10 Å². The van der Waals surface area contributed by atoms with E-state index in [4.69, 9.17) is 11.6 Å². The molecule has 0 radical (unpaired) electrons. The van der Waals surface area contributed by atoms with E-state index in [0.29, 0.717) is 0 Å². The minimum absolute atomic E-state index is 0.169. The number of halogens is 1. The van der Waals surface area contributed by atoms with Crippen molar-refractivity contribution in [1.29, 1.82) is 0 Å². The van der Waals surface area contributed by atoms with Crippen LogP contribution >= 0.6 is 11.6 Å². The number of hydrogen-bond acceptors (Lipinski definition) is 2. The van der Waals surface area contributed by atoms with Crippen molar-refractivity contribution in [3.05, 3.63) is 11.1 Å². The van der Waals surface area contributed by atoms with Crippen LogP contribution < -0.4 is 5.32 Å². The van der Waals surface area contributed by atoms with Gasteiger partial charge in [-0.3, -0.25) is 0 Å². The second-order valence-electron chi connectivity index (χ2n) is 2.98. The van der Waals surface area contributed by atoms with Crippen LogP contribution in [-0.2, 0) is 0 Å². The molecule has 72 valence electrons. The van der Waals surface area contributed by atoms with Gasteiger partial charge in [-0.25, -0.2) is 0 Å². The van der Waals surface area contributed by atoms with E-state index in [2.05, 4.69) is 5.32 Å². The minimum Gasteiger partial charge on any atom is -0.393 e. The first-order valence-electron chi connectivity index (χ1n) is 4.35. The van der Waals surface area contributed by atoms with Crippen LogP contribution in [0, 0.1) is 0 Å². The van der Waals surface area contributed by atoms with Crippen LogP contribution in [0.1, 0.15) is 26.7 Å². The lowest BCUT2D eigenvalue weighted by atomic mass is 10.2. The van der Waals surface area contributed by atoms with Crippen LogP contribution in [0.25, 0.3) is 0 Å². The van der Waals surface area contributed by atoms with E-state index in [9.17, 15) is 5.11 Å². The van der Waals surface area contributed by atoms with E-state index in [0.717, 1.165) is 31.5 Å². The third kappa shape index (κ3) is 6.65. The first-order valence-corrected chi connectivity index (χ1v) is 4.79. The van der Waals surface area contributed by atoms with Crippen molar-refractivity contribution < 1.29 is 5.11 Å². The summed E-state index contributed by atoms with van der Waals surface area (Å²) in [5.41, 5.74) is 2.69. The zero-order valence-electron chi connectivity index (χ0n) is 7.81. The molecule has 1 unspecified atom stereocenters. The lowest BCUT2D eigenvalue weighted by Gasteiger charge is -2.08. The van der Waals surface area contributed by atoms with Gasteiger partial charge in [0.2, 0.25) is 0 Å². The van der Waals surface area contributed by atoms with Crippen molar-refractivity contribution >= 4 is 11.6 Å². The van der Waals surface area contributed by atoms with Crippen molar-refractivity contribution in [3.8, 4) is 0 Å². The van der Waals surface area contributed by atoms with E-state index < -0.39 is 0 Å². The maximum Gasteiger partial charge on any atom is 0.0549 e. The molecule has 0 aromatic heterocycles. The van der Waals surface area contributed by atoms with Gasteiger partial charge in [0.25, 0.3) is 0 Å². The highest BCUT2D eigenvalue weighted by Gasteiger charge is 1.98. The second-order valence-corrected chi connectivity index (χ2v) is 3.20. The molecule has 0 aliphatic rings. The first-order chi connectivity index (χ1) is 5.70. The summed E-state index contributed by atoms with van der Waals surface area (Å²) in [4.78, 5) is 0. The molecule has 2 nitrogen and oxygen atoms in total. The number of hydrogen-bond donors (Lipinski definition) is 2. The van der Waals surface area contributed by atoms with Crippen molar-refractivity contribution in [2.24, 2.45) is 0 Å². The van der Waals surface area contributed by atoms with E-state index in [1.165, 1.54) is 0 Å². The molecule has 12 heavy (non-hydrogen) atoms. The van der Waals surface area contributed by atoms with Gasteiger partial charge in [0.15, 0.2) is 0 Å². The second kappa shape index (κ2) is 7.59. The quantitative estimate of drug-likeness (QED) is 0.629. The Morgan fingerprint density at radius 2 is 2.33 bits per heavy atom. The first kappa shape index (κ1) is 11.9. The number of rotatable bonds is 6. The van der Waals surface area contributed by atoms with E-state index in [-0.39, 0.29) is 6.10 Å². The molecule has 0 aromatic carbocycles. The fraction of sp³-hybridized carbons (Fsp3) is 0.778. The van der Waals surface area contributed by atoms with Gasteiger partial charge >= 0.3 is 0 Å². The van der Waals surface area contributed by atoms with E-state index in [1.807, 2.05) is 13.8 Å². The number of aliphatic hydroxyl groups is 1. The van der Waals surface area contributed by atoms with Crippen LogP contribution in [0.4, 0.5) is 0 Å². The highest BCUT2D eigenvalue weighted by atomic mass is 35.5. The van der Waals surface area contributed by atoms with Gasteiger partial charge < -0.3 is 10.4 Å². The van der Waals surface area contributed by atoms with E-state index >= 15 is 0 Å². The third-order valence-corrected chi connectivity index (χ3v) is 2.09. The van der Waals surface area contributed by atoms with Crippen LogP contribution in [-0.4, -0.2) is 24.3 Å². The summed E-state index contributed by atoms with van der Waals surface area (Å²) in [6.45, 7) is 5.60. The summed E-state index contributed by atoms with van der Waals surface area (Å²) >= 11 is 5.47. The topological polar surface area (TPSA) is 32.3 Å². The molecule has 0 aromatic rings. The van der Waals surface area contributed by atoms with E-state index in [1.54, 1.807) is 5.54 Å². The maximum absolute atomic E-state index is 9.20. The maximum atomic E-state index is 9.20. The number of aliphatic hydroxyl groups excluding tert-OH is 1. The predicted molar refractivity (Wildman–Crippen MR) is 53.4 cm³/mol. The Morgan fingerprint density at radius 1 is 1.67 bits per heavy atom. The lowest BCUT2D eigenvalue weighted by molar-refractivity contribution is 0.160. The molecule has 0 fully saturated rings. The monoisotopic (exact) mass is 191 g/mol. The molecule has 0 amide bonds. The number of nitrogens with one attached hydrogen (secondary N) is 1. The largest absolute Gasteiger partial charge is 0.393 e. The van der Waals surface area contributed by atoms with Gasteiger partial charge in [-0.1, -0.05) is 18.5 Å². The van der Waals surface area contributed by atoms with Gasteiger partial charge in [0, 0.05) is 12.1 Å². The smallest absolute Gasteiger partial charge is 0.0549 e. The fourth-order valence-corrected chi connectivity index (χ4v) is 0.874. The van der Waals surface area contributed by atoms with Crippen molar-refractivity contribution in [2.75, 3.05) is 13.1 Å². The molecule has 0 saturated heterocycles. The van der Waals surface area contributed by atoms with Crippen molar-refractivity contribution in [1.82, 2.24) is 5.32 Å². The van der Waals surface area contributed by atoms with Crippen LogP contribution in [0.3, 0.4) is 0 Å². The van der Waals surface area contributed by atoms with Crippen LogP contribution in [0.5, 0.6) is 0 Å². The molecule has 0 bridgehead atoms. The molecule has 0 rings (SSSR count). The van der Waals surface area contributed by atoms with Crippen molar-refractivity contribution in [3.63, 3.8) is 0 Å². The Hall–Kier alpha value is -0.0500. The summed E-state index contributed by atoms with van der Waals surface area (Å²) in [6.07, 6.45) is 1.47. The zero-order chi connectivity index (χ0) is 9.40. The van der Waals surface area contributed by atoms with Crippen LogP contribution in [0.15, 0.2) is 11.1 Å². The van der Waals surface area contributed by atoms with Gasteiger partial charge in [0.1, 0.15) is 0 Å². The minimum atomic E-state index is -0.169. The normalized spacial score (nSPS) is 14.8. The summed E-state index contributed by atoms with van der Waals surface area (Å²) in [5, 5.41) is 12.4. The molecular weight excluding hydrogens is 174 g/mol. The summed E-state index contributed by atoms with van der Waals surface area (Å²) < 4.78 is 0. The average Bonchev–Trinajstić information content (AvgIpc) is 2.11. The summed E-state index contributed by atoms with van der Waals surface area (Å²) in [7, 11) is 0. The third-order valence-electron chi connectivity index (χ3n) is 1.72.